The maximum atomic E-state index is 11.2. The van der Waals surface area contributed by atoms with Crippen molar-refractivity contribution >= 4 is 44.5 Å². The summed E-state index contributed by atoms with van der Waals surface area (Å²) in [5, 5.41) is 10.3. The summed E-state index contributed by atoms with van der Waals surface area (Å²) in [7, 11) is 0. The second-order valence-electron chi connectivity index (χ2n) is 4.04. The van der Waals surface area contributed by atoms with E-state index in [0.717, 1.165) is 9.86 Å². The Morgan fingerprint density at radius 2 is 2.12 bits per heavy atom. The first-order valence-corrected chi connectivity index (χ1v) is 6.24. The molecule has 0 amide bonds. The molecule has 0 radical (unpaired) electrons. The Kier molecular flexibility index (Phi) is 3.19. The number of furan rings is 1. The van der Waals surface area contributed by atoms with Gasteiger partial charge in [-0.3, -0.25) is 0 Å². The summed E-state index contributed by atoms with van der Waals surface area (Å²) in [6.07, 6.45) is 0. The molecule has 0 unspecified atom stereocenters. The van der Waals surface area contributed by atoms with Gasteiger partial charge in [0.05, 0.1) is 5.02 Å². The smallest absolute Gasteiger partial charge is 0.372 e. The molecular weight excluding hydrogens is 307 g/mol. The SMILES string of the molecule is CC(C)c1c(C(=O)O)oc2c(Cl)ccc(Br)c12. The first kappa shape index (κ1) is 12.5. The second-order valence-corrected chi connectivity index (χ2v) is 5.30. The average molecular weight is 318 g/mol. The number of halogens is 2. The second kappa shape index (κ2) is 4.35. The van der Waals surface area contributed by atoms with Gasteiger partial charge in [-0.05, 0) is 18.1 Å². The van der Waals surface area contributed by atoms with Crippen molar-refractivity contribution in [2.75, 3.05) is 0 Å². The number of carboxylic acids is 1. The van der Waals surface area contributed by atoms with Crippen LogP contribution >= 0.6 is 27.5 Å². The van der Waals surface area contributed by atoms with E-state index in [1.165, 1.54) is 0 Å². The number of hydrogen-bond acceptors (Lipinski definition) is 2. The zero-order chi connectivity index (χ0) is 12.7. The van der Waals surface area contributed by atoms with Gasteiger partial charge >= 0.3 is 5.97 Å². The van der Waals surface area contributed by atoms with E-state index in [4.69, 9.17) is 21.1 Å². The van der Waals surface area contributed by atoms with Crippen molar-refractivity contribution in [1.82, 2.24) is 0 Å². The van der Waals surface area contributed by atoms with Crippen LogP contribution in [0.2, 0.25) is 5.02 Å². The van der Waals surface area contributed by atoms with Crippen LogP contribution in [0.25, 0.3) is 11.0 Å². The number of carboxylic acid groups (broad SMARTS) is 1. The highest BCUT2D eigenvalue weighted by molar-refractivity contribution is 9.10. The Labute approximate surface area is 111 Å². The first-order chi connectivity index (χ1) is 7.93. The molecule has 0 aliphatic heterocycles. The molecule has 1 N–H and O–H groups in total. The van der Waals surface area contributed by atoms with E-state index in [-0.39, 0.29) is 11.7 Å². The van der Waals surface area contributed by atoms with E-state index >= 15 is 0 Å². The van der Waals surface area contributed by atoms with Crippen molar-refractivity contribution in [2.24, 2.45) is 0 Å². The number of benzene rings is 1. The predicted molar refractivity (Wildman–Crippen MR) is 70.0 cm³/mol. The molecule has 1 aromatic heterocycles. The lowest BCUT2D eigenvalue weighted by atomic mass is 9.99. The third-order valence-corrected chi connectivity index (χ3v) is 3.51. The normalized spacial score (nSPS) is 11.4. The number of rotatable bonds is 2. The van der Waals surface area contributed by atoms with Crippen LogP contribution in [-0.2, 0) is 0 Å². The fourth-order valence-electron chi connectivity index (χ4n) is 1.86. The Hall–Kier alpha value is -1.000. The van der Waals surface area contributed by atoms with Crippen LogP contribution in [0.1, 0.15) is 35.9 Å². The molecular formula is C12H10BrClO3. The molecule has 0 saturated heterocycles. The van der Waals surface area contributed by atoms with Gasteiger partial charge in [-0.1, -0.05) is 41.4 Å². The molecule has 5 heteroatoms. The van der Waals surface area contributed by atoms with Gasteiger partial charge in [-0.2, -0.15) is 0 Å². The fraction of sp³-hybridized carbons (Fsp3) is 0.250. The van der Waals surface area contributed by atoms with Crippen molar-refractivity contribution in [2.45, 2.75) is 19.8 Å². The summed E-state index contributed by atoms with van der Waals surface area (Å²) in [5.41, 5.74) is 1.09. The molecule has 0 fully saturated rings. The highest BCUT2D eigenvalue weighted by atomic mass is 79.9. The third kappa shape index (κ3) is 1.96. The van der Waals surface area contributed by atoms with Gasteiger partial charge in [-0.15, -0.1) is 0 Å². The molecule has 2 aromatic rings. The molecule has 0 aliphatic carbocycles. The van der Waals surface area contributed by atoms with Crippen molar-refractivity contribution < 1.29 is 14.3 Å². The third-order valence-electron chi connectivity index (χ3n) is 2.55. The minimum atomic E-state index is -1.08. The van der Waals surface area contributed by atoms with Gasteiger partial charge in [0.15, 0.2) is 5.58 Å². The molecule has 90 valence electrons. The molecule has 0 saturated carbocycles. The number of carbonyl (C=O) groups is 1. The lowest BCUT2D eigenvalue weighted by molar-refractivity contribution is 0.0663. The minimum Gasteiger partial charge on any atom is -0.475 e. The summed E-state index contributed by atoms with van der Waals surface area (Å²) >= 11 is 9.42. The van der Waals surface area contributed by atoms with E-state index in [1.807, 2.05) is 13.8 Å². The zero-order valence-corrected chi connectivity index (χ0v) is 11.6. The van der Waals surface area contributed by atoms with Crippen molar-refractivity contribution in [3.63, 3.8) is 0 Å². The molecule has 2 rings (SSSR count). The molecule has 17 heavy (non-hydrogen) atoms. The summed E-state index contributed by atoms with van der Waals surface area (Å²) in [4.78, 5) is 11.2. The van der Waals surface area contributed by atoms with Gasteiger partial charge in [0.1, 0.15) is 0 Å². The summed E-state index contributed by atoms with van der Waals surface area (Å²) in [5.74, 6) is -1.08. The standard InChI is InChI=1S/C12H10BrClO3/c1-5(2)8-9-6(13)3-4-7(14)10(9)17-11(8)12(15)16/h3-5H,1-2H3,(H,15,16). The molecule has 0 aliphatic rings. The lowest BCUT2D eigenvalue weighted by Crippen LogP contribution is -2.00. The van der Waals surface area contributed by atoms with E-state index in [9.17, 15) is 4.79 Å². The van der Waals surface area contributed by atoms with Crippen molar-refractivity contribution in [1.29, 1.82) is 0 Å². The predicted octanol–water partition coefficient (Wildman–Crippen LogP) is 4.67. The molecule has 1 heterocycles. The Morgan fingerprint density at radius 3 is 2.65 bits per heavy atom. The van der Waals surface area contributed by atoms with E-state index in [1.54, 1.807) is 12.1 Å². The van der Waals surface area contributed by atoms with Crippen LogP contribution < -0.4 is 0 Å². The summed E-state index contributed by atoms with van der Waals surface area (Å²) < 4.78 is 6.16. The summed E-state index contributed by atoms with van der Waals surface area (Å²) in [6, 6.07) is 3.46. The number of hydrogen-bond donors (Lipinski definition) is 1. The van der Waals surface area contributed by atoms with Crippen LogP contribution in [0, 0.1) is 0 Å². The van der Waals surface area contributed by atoms with Gasteiger partial charge in [-0.25, -0.2) is 4.79 Å². The topological polar surface area (TPSA) is 50.4 Å². The highest BCUT2D eigenvalue weighted by Gasteiger charge is 2.24. The van der Waals surface area contributed by atoms with Crippen LogP contribution in [0.4, 0.5) is 0 Å². The Balaban J connectivity index is 2.95. The largest absolute Gasteiger partial charge is 0.475 e. The molecule has 0 spiro atoms. The first-order valence-electron chi connectivity index (χ1n) is 5.07. The fourth-order valence-corrected chi connectivity index (χ4v) is 2.59. The zero-order valence-electron chi connectivity index (χ0n) is 9.25. The minimum absolute atomic E-state index is 0.0381. The lowest BCUT2D eigenvalue weighted by Gasteiger charge is -2.04. The maximum Gasteiger partial charge on any atom is 0.372 e. The van der Waals surface area contributed by atoms with Crippen molar-refractivity contribution in [3.8, 4) is 0 Å². The van der Waals surface area contributed by atoms with Gasteiger partial charge in [0, 0.05) is 15.4 Å². The van der Waals surface area contributed by atoms with Crippen LogP contribution in [0.15, 0.2) is 21.0 Å². The number of aromatic carboxylic acids is 1. The van der Waals surface area contributed by atoms with E-state index < -0.39 is 5.97 Å². The number of fused-ring (bicyclic) bond motifs is 1. The summed E-state index contributed by atoms with van der Waals surface area (Å²) in [6.45, 7) is 3.84. The van der Waals surface area contributed by atoms with Crippen LogP contribution in [-0.4, -0.2) is 11.1 Å². The molecule has 3 nitrogen and oxygen atoms in total. The molecule has 0 bridgehead atoms. The van der Waals surface area contributed by atoms with E-state index in [2.05, 4.69) is 15.9 Å². The van der Waals surface area contributed by atoms with Crippen molar-refractivity contribution in [3.05, 3.63) is 33.0 Å². The highest BCUT2D eigenvalue weighted by Crippen LogP contribution is 2.39. The monoisotopic (exact) mass is 316 g/mol. The van der Waals surface area contributed by atoms with Crippen LogP contribution in [0.3, 0.4) is 0 Å². The quantitative estimate of drug-likeness (QED) is 0.875. The molecule has 1 aromatic carbocycles. The van der Waals surface area contributed by atoms with Gasteiger partial charge in [0.25, 0.3) is 0 Å². The van der Waals surface area contributed by atoms with Crippen LogP contribution in [0.5, 0.6) is 0 Å². The van der Waals surface area contributed by atoms with E-state index in [0.29, 0.717) is 16.2 Å². The Morgan fingerprint density at radius 1 is 1.47 bits per heavy atom. The van der Waals surface area contributed by atoms with Gasteiger partial charge in [0.2, 0.25) is 5.76 Å². The average Bonchev–Trinajstić information content (AvgIpc) is 2.64. The maximum absolute atomic E-state index is 11.2. The van der Waals surface area contributed by atoms with Gasteiger partial charge < -0.3 is 9.52 Å². The molecule has 0 atom stereocenters. The Bertz CT molecular complexity index is 601.